The van der Waals surface area contributed by atoms with Gasteiger partial charge in [0.1, 0.15) is 5.82 Å². The fraction of sp³-hybridized carbons (Fsp3) is 0.167. The van der Waals surface area contributed by atoms with Crippen LogP contribution >= 0.6 is 0 Å². The molecule has 3 aromatic rings. The molecule has 0 saturated carbocycles. The summed E-state index contributed by atoms with van der Waals surface area (Å²) in [6, 6.07) is 11.5. The van der Waals surface area contributed by atoms with E-state index in [1.807, 2.05) is 0 Å². The molecule has 2 amide bonds. The van der Waals surface area contributed by atoms with Crippen molar-refractivity contribution in [1.82, 2.24) is 14.8 Å². The summed E-state index contributed by atoms with van der Waals surface area (Å²) in [5, 5.41) is 22.1. The highest BCUT2D eigenvalue weighted by molar-refractivity contribution is 6.05. The lowest BCUT2D eigenvalue weighted by molar-refractivity contribution is 0.0233. The summed E-state index contributed by atoms with van der Waals surface area (Å²) in [5.74, 6) is -2.55. The van der Waals surface area contributed by atoms with Gasteiger partial charge >= 0.3 is 12.0 Å². The van der Waals surface area contributed by atoms with Crippen LogP contribution in [0.1, 0.15) is 22.8 Å². The van der Waals surface area contributed by atoms with Crippen molar-refractivity contribution >= 4 is 23.6 Å². The zero-order valence-electron chi connectivity index (χ0n) is 18.9. The average Bonchev–Trinajstić information content (AvgIpc) is 2.85. The Morgan fingerprint density at radius 1 is 1.14 bits per heavy atom. The van der Waals surface area contributed by atoms with E-state index in [-0.39, 0.29) is 41.9 Å². The van der Waals surface area contributed by atoms with E-state index >= 15 is 0 Å². The SMILES string of the molecule is CCN1C(=O)N(Cc2ccc(F)cc2)C(Nc2ccc(Oc3ccc(C(=O)O)cn3)c(F)c2)=NC1O. The number of guanidine groups is 1. The molecule has 1 aliphatic rings. The number of nitrogens with zero attached hydrogens (tertiary/aromatic N) is 4. The molecule has 36 heavy (non-hydrogen) atoms. The maximum absolute atomic E-state index is 14.7. The molecular weight excluding hydrogens is 476 g/mol. The number of nitrogens with one attached hydrogen (secondary N) is 1. The first kappa shape index (κ1) is 24.5. The third-order valence-corrected chi connectivity index (χ3v) is 5.23. The van der Waals surface area contributed by atoms with Gasteiger partial charge in [-0.25, -0.2) is 23.4 Å². The predicted molar refractivity (Wildman–Crippen MR) is 124 cm³/mol. The summed E-state index contributed by atoms with van der Waals surface area (Å²) in [7, 11) is 0. The van der Waals surface area contributed by atoms with Gasteiger partial charge in [0.05, 0.1) is 12.1 Å². The number of aromatic carboxylic acids is 1. The molecule has 10 nitrogen and oxygen atoms in total. The van der Waals surface area contributed by atoms with E-state index in [9.17, 15) is 23.5 Å². The van der Waals surface area contributed by atoms with Gasteiger partial charge in [0, 0.05) is 30.6 Å². The van der Waals surface area contributed by atoms with Gasteiger partial charge in [0.25, 0.3) is 0 Å². The molecule has 2 heterocycles. The number of hydrogen-bond donors (Lipinski definition) is 3. The summed E-state index contributed by atoms with van der Waals surface area (Å²) in [5.41, 5.74) is 0.782. The molecule has 4 rings (SSSR count). The van der Waals surface area contributed by atoms with E-state index in [4.69, 9.17) is 9.84 Å². The quantitative estimate of drug-likeness (QED) is 0.452. The summed E-state index contributed by atoms with van der Waals surface area (Å²) in [6.45, 7) is 1.90. The van der Waals surface area contributed by atoms with E-state index in [0.717, 1.165) is 17.2 Å². The van der Waals surface area contributed by atoms with Gasteiger partial charge in [-0.2, -0.15) is 4.99 Å². The molecule has 1 unspecified atom stereocenters. The first-order chi connectivity index (χ1) is 17.2. The van der Waals surface area contributed by atoms with Crippen LogP contribution in [0.3, 0.4) is 0 Å². The number of halogens is 2. The van der Waals surface area contributed by atoms with Crippen molar-refractivity contribution in [1.29, 1.82) is 0 Å². The summed E-state index contributed by atoms with van der Waals surface area (Å²) in [6.07, 6.45) is -0.355. The predicted octanol–water partition coefficient (Wildman–Crippen LogP) is 3.85. The molecule has 0 saturated heterocycles. The van der Waals surface area contributed by atoms with Gasteiger partial charge in [-0.3, -0.25) is 9.80 Å². The minimum Gasteiger partial charge on any atom is -0.478 e. The number of ether oxygens (including phenoxy) is 1. The molecule has 0 fully saturated rings. The highest BCUT2D eigenvalue weighted by atomic mass is 19.1. The van der Waals surface area contributed by atoms with Crippen LogP contribution in [0.2, 0.25) is 0 Å². The number of pyridine rings is 1. The van der Waals surface area contributed by atoms with Crippen molar-refractivity contribution in [2.45, 2.75) is 19.8 Å². The number of carbonyl (C=O) groups is 2. The van der Waals surface area contributed by atoms with Gasteiger partial charge in [0.2, 0.25) is 18.2 Å². The molecule has 3 N–H and O–H groups in total. The molecule has 12 heteroatoms. The average molecular weight is 497 g/mol. The molecule has 1 aliphatic heterocycles. The number of carboxylic acid groups (broad SMARTS) is 1. The Kier molecular flexibility index (Phi) is 7.06. The Labute approximate surface area is 204 Å². The number of carboxylic acids is 1. The Hall–Kier alpha value is -4.58. The fourth-order valence-electron chi connectivity index (χ4n) is 3.38. The van der Waals surface area contributed by atoms with Crippen LogP contribution in [-0.2, 0) is 6.54 Å². The highest BCUT2D eigenvalue weighted by Gasteiger charge is 2.34. The largest absolute Gasteiger partial charge is 0.478 e. The molecule has 2 aromatic carbocycles. The Morgan fingerprint density at radius 2 is 1.89 bits per heavy atom. The van der Waals surface area contributed by atoms with Crippen LogP contribution in [0.15, 0.2) is 65.8 Å². The Morgan fingerprint density at radius 3 is 2.50 bits per heavy atom. The third-order valence-electron chi connectivity index (χ3n) is 5.23. The molecule has 0 spiro atoms. The number of aromatic nitrogens is 1. The first-order valence-electron chi connectivity index (χ1n) is 10.8. The van der Waals surface area contributed by atoms with Gasteiger partial charge in [-0.1, -0.05) is 12.1 Å². The maximum atomic E-state index is 14.7. The van der Waals surface area contributed by atoms with Crippen molar-refractivity contribution in [3.63, 3.8) is 0 Å². The van der Waals surface area contributed by atoms with E-state index in [1.54, 1.807) is 6.92 Å². The van der Waals surface area contributed by atoms with Crippen LogP contribution in [0.25, 0.3) is 0 Å². The van der Waals surface area contributed by atoms with Gasteiger partial charge in [0.15, 0.2) is 11.6 Å². The number of aliphatic hydroxyl groups excluding tert-OH is 1. The standard InChI is InChI=1S/C24H21F2N5O5/c1-2-30-23(34)29-22(31(24(30)35)13-14-3-6-16(25)7-4-14)28-17-8-9-19(18(26)11-17)36-20-10-5-15(12-27-20)21(32)33/h3-12,23,34H,2,13H2,1H3,(H,28,29)(H,32,33). The maximum Gasteiger partial charge on any atom is 0.337 e. The van der Waals surface area contributed by atoms with Crippen molar-refractivity contribution < 1.29 is 33.3 Å². The summed E-state index contributed by atoms with van der Waals surface area (Å²) in [4.78, 5) is 34.3. The number of urea groups is 1. The van der Waals surface area contributed by atoms with Crippen molar-refractivity contribution in [2.24, 2.45) is 4.99 Å². The lowest BCUT2D eigenvalue weighted by Gasteiger charge is -2.37. The molecule has 0 radical (unpaired) electrons. The van der Waals surface area contributed by atoms with Crippen LogP contribution in [0, 0.1) is 11.6 Å². The highest BCUT2D eigenvalue weighted by Crippen LogP contribution is 2.27. The second-order valence-electron chi connectivity index (χ2n) is 7.64. The minimum atomic E-state index is -1.44. The molecule has 0 aliphatic carbocycles. The van der Waals surface area contributed by atoms with Crippen LogP contribution < -0.4 is 10.1 Å². The van der Waals surface area contributed by atoms with Crippen LogP contribution in [0.5, 0.6) is 11.6 Å². The number of anilines is 1. The molecule has 0 bridgehead atoms. The minimum absolute atomic E-state index is 0.00452. The second-order valence-corrected chi connectivity index (χ2v) is 7.64. The van der Waals surface area contributed by atoms with Crippen LogP contribution in [-0.4, -0.2) is 55.9 Å². The third kappa shape index (κ3) is 5.39. The Balaban J connectivity index is 1.54. The molecule has 186 valence electrons. The van der Waals surface area contributed by atoms with Gasteiger partial charge in [-0.05, 0) is 42.8 Å². The number of amides is 2. The zero-order chi connectivity index (χ0) is 25.8. The van der Waals surface area contributed by atoms with Crippen molar-refractivity contribution in [3.8, 4) is 11.6 Å². The number of aliphatic hydroxyl groups is 1. The number of aliphatic imine (C=N–C) groups is 1. The van der Waals surface area contributed by atoms with E-state index in [0.29, 0.717) is 5.56 Å². The van der Waals surface area contributed by atoms with Crippen molar-refractivity contribution in [2.75, 3.05) is 11.9 Å². The molecule has 1 aromatic heterocycles. The number of hydrogen-bond acceptors (Lipinski definition) is 7. The van der Waals surface area contributed by atoms with Crippen LogP contribution in [0.4, 0.5) is 19.3 Å². The van der Waals surface area contributed by atoms with Gasteiger partial charge < -0.3 is 20.3 Å². The summed E-state index contributed by atoms with van der Waals surface area (Å²) >= 11 is 0. The monoisotopic (exact) mass is 497 g/mol. The number of benzene rings is 2. The van der Waals surface area contributed by atoms with E-state index < -0.39 is 30.0 Å². The Bertz CT molecular complexity index is 1300. The summed E-state index contributed by atoms with van der Waals surface area (Å²) < 4.78 is 33.4. The zero-order valence-corrected chi connectivity index (χ0v) is 18.9. The fourth-order valence-corrected chi connectivity index (χ4v) is 3.38. The van der Waals surface area contributed by atoms with E-state index in [1.165, 1.54) is 53.4 Å². The van der Waals surface area contributed by atoms with E-state index in [2.05, 4.69) is 15.3 Å². The molecule has 1 atom stereocenters. The molecular formula is C24H21F2N5O5. The smallest absolute Gasteiger partial charge is 0.337 e. The second kappa shape index (κ2) is 10.4. The lowest BCUT2D eigenvalue weighted by Crippen LogP contribution is -2.56. The number of carbonyl (C=O) groups excluding carboxylic acids is 1. The normalized spacial score (nSPS) is 15.5. The van der Waals surface area contributed by atoms with Gasteiger partial charge in [-0.15, -0.1) is 0 Å². The first-order valence-corrected chi connectivity index (χ1v) is 10.8. The number of rotatable bonds is 7. The topological polar surface area (TPSA) is 128 Å². The lowest BCUT2D eigenvalue weighted by atomic mass is 10.2. The van der Waals surface area contributed by atoms with Crippen molar-refractivity contribution in [3.05, 3.63) is 83.6 Å².